The minimum atomic E-state index is -0.751. The molecule has 436 valence electrons. The van der Waals surface area contributed by atoms with E-state index in [1.54, 1.807) is 54.3 Å². The minimum absolute atomic E-state index is 0.0584. The van der Waals surface area contributed by atoms with Gasteiger partial charge < -0.3 is 39.4 Å². The van der Waals surface area contributed by atoms with E-state index >= 15 is 0 Å². The van der Waals surface area contributed by atoms with E-state index in [0.717, 1.165) is 52.8 Å². The lowest BCUT2D eigenvalue weighted by molar-refractivity contribution is -0.138. The van der Waals surface area contributed by atoms with Crippen molar-refractivity contribution in [3.8, 4) is 23.0 Å². The molecule has 9 rings (SSSR count). The van der Waals surface area contributed by atoms with Crippen LogP contribution in [-0.2, 0) is 24.0 Å². The van der Waals surface area contributed by atoms with Crippen LogP contribution in [0.3, 0.4) is 0 Å². The van der Waals surface area contributed by atoms with Crippen LogP contribution in [-0.4, -0.2) is 132 Å². The number of Topliss-reactive ketones (excluding diaryl/α,β-unsaturated/α-hetero) is 1. The van der Waals surface area contributed by atoms with Crippen LogP contribution in [0.4, 0.5) is 17.1 Å². The molecule has 4 aromatic carbocycles. The molecule has 19 heteroatoms. The van der Waals surface area contributed by atoms with E-state index in [1.165, 1.54) is 23.8 Å². The average molecular weight is 1150 g/mol. The van der Waals surface area contributed by atoms with Crippen molar-refractivity contribution in [2.24, 2.45) is 21.8 Å². The predicted octanol–water partition coefficient (Wildman–Crippen LogP) is 10.3. The number of rotatable bonds is 26. The highest BCUT2D eigenvalue weighted by molar-refractivity contribution is 8.00. The maximum absolute atomic E-state index is 14.1. The van der Waals surface area contributed by atoms with Gasteiger partial charge in [0.2, 0.25) is 23.6 Å². The summed E-state index contributed by atoms with van der Waals surface area (Å²) in [6.07, 6.45) is 14.9. The summed E-state index contributed by atoms with van der Waals surface area (Å²) in [5.41, 5.74) is 7.33. The summed E-state index contributed by atoms with van der Waals surface area (Å²) in [4.78, 5) is 106. The van der Waals surface area contributed by atoms with Crippen molar-refractivity contribution >= 4 is 93.6 Å². The lowest BCUT2D eigenvalue weighted by Gasteiger charge is -2.23. The third-order valence-electron chi connectivity index (χ3n) is 15.8. The Morgan fingerprint density at radius 2 is 1.27 bits per heavy atom. The topological polar surface area (TPSA) is 215 Å². The van der Waals surface area contributed by atoms with E-state index in [-0.39, 0.29) is 83.7 Å². The first kappa shape index (κ1) is 59.6. The summed E-state index contributed by atoms with van der Waals surface area (Å²) < 4.78 is 23.4. The molecule has 6 amide bonds. The van der Waals surface area contributed by atoms with Gasteiger partial charge in [-0.25, -0.2) is 0 Å². The monoisotopic (exact) mass is 1150 g/mol. The number of aryl methyl sites for hydroxylation is 1. The van der Waals surface area contributed by atoms with Gasteiger partial charge in [0.05, 0.1) is 73.3 Å². The molecule has 5 aliphatic heterocycles. The molecule has 83 heavy (non-hydrogen) atoms. The summed E-state index contributed by atoms with van der Waals surface area (Å²) in [7, 11) is 3.18. The van der Waals surface area contributed by atoms with Gasteiger partial charge in [0.15, 0.2) is 17.3 Å². The molecule has 0 bridgehead atoms. The molecular formula is C64H73N7O11S. The Bertz CT molecular complexity index is 3260. The van der Waals surface area contributed by atoms with Crippen molar-refractivity contribution in [2.75, 3.05) is 45.6 Å². The number of benzene rings is 4. The molecule has 18 nitrogen and oxygen atoms in total. The summed E-state index contributed by atoms with van der Waals surface area (Å²) in [6, 6.07) is 21.1. The highest BCUT2D eigenvalue weighted by Gasteiger charge is 2.38. The number of methoxy groups -OCH3 is 2. The molecule has 0 radical (unpaired) electrons. The third-order valence-corrected chi connectivity index (χ3v) is 16.7. The number of ether oxygens (including phenoxy) is 4. The summed E-state index contributed by atoms with van der Waals surface area (Å²) >= 11 is 1.38. The van der Waals surface area contributed by atoms with Crippen molar-refractivity contribution in [1.29, 1.82) is 0 Å². The quantitative estimate of drug-likeness (QED) is 0.0444. The van der Waals surface area contributed by atoms with E-state index < -0.39 is 12.0 Å². The van der Waals surface area contributed by atoms with Gasteiger partial charge in [0.25, 0.3) is 11.8 Å². The maximum Gasteiger partial charge on any atom is 0.260 e. The van der Waals surface area contributed by atoms with Gasteiger partial charge >= 0.3 is 0 Å². The summed E-state index contributed by atoms with van der Waals surface area (Å²) in [6.45, 7) is 8.56. The van der Waals surface area contributed by atoms with Crippen LogP contribution in [0.15, 0.2) is 95.2 Å². The van der Waals surface area contributed by atoms with E-state index in [2.05, 4.69) is 10.6 Å². The zero-order valence-corrected chi connectivity index (χ0v) is 49.1. The number of thioether (sulfide) groups is 1. The number of carbonyl (C=O) groups is 7. The molecule has 0 saturated carbocycles. The first-order chi connectivity index (χ1) is 40.0. The van der Waals surface area contributed by atoms with E-state index in [0.29, 0.717) is 97.3 Å². The second kappa shape index (κ2) is 26.9. The molecule has 5 atom stereocenters. The Hall–Kier alpha value is -8.06. The van der Waals surface area contributed by atoms with E-state index in [1.807, 2.05) is 94.2 Å². The molecule has 5 heterocycles. The Kier molecular flexibility index (Phi) is 19.3. The predicted molar refractivity (Wildman–Crippen MR) is 321 cm³/mol. The number of hydrogen-bond acceptors (Lipinski definition) is 14. The van der Waals surface area contributed by atoms with Gasteiger partial charge in [-0.1, -0.05) is 51.5 Å². The fourth-order valence-electron chi connectivity index (χ4n) is 10.9. The molecule has 1 unspecified atom stereocenters. The van der Waals surface area contributed by atoms with Gasteiger partial charge in [0.1, 0.15) is 11.5 Å². The maximum atomic E-state index is 14.1. The van der Waals surface area contributed by atoms with Crippen LogP contribution >= 0.6 is 11.8 Å². The normalized spacial score (nSPS) is 18.6. The largest absolute Gasteiger partial charge is 0.497 e. The third kappa shape index (κ3) is 13.9. The van der Waals surface area contributed by atoms with Crippen molar-refractivity contribution in [3.63, 3.8) is 0 Å². The SMILES string of the molecule is COc1ccc(C2=CN3C(=O)c4cc(C)c(OCCCCCOc5cc6c(cc5OC)C(=O)N5C=C(c7ccc(NC(=O)[C@H](C)CC(=O)[C@@H](NC(=O)CCCCCN8C(=O)CC(SC)C8=O)C(C)C)cc7)C[C@H]5C=N6)cc4N=C[C@@H]3C2)cc1. The number of amides is 6. The Labute approximate surface area is 489 Å². The number of nitrogens with zero attached hydrogens (tertiary/aromatic N) is 5. The van der Waals surface area contributed by atoms with Crippen molar-refractivity contribution in [1.82, 2.24) is 20.0 Å². The lowest BCUT2D eigenvalue weighted by Crippen LogP contribution is -2.45. The van der Waals surface area contributed by atoms with Crippen molar-refractivity contribution in [3.05, 3.63) is 113 Å². The highest BCUT2D eigenvalue weighted by Crippen LogP contribution is 2.41. The number of imide groups is 1. The van der Waals surface area contributed by atoms with Crippen LogP contribution in [0.2, 0.25) is 0 Å². The molecule has 1 saturated heterocycles. The van der Waals surface area contributed by atoms with Crippen LogP contribution in [0, 0.1) is 18.8 Å². The van der Waals surface area contributed by atoms with Gasteiger partial charge in [-0.2, -0.15) is 11.8 Å². The van der Waals surface area contributed by atoms with Crippen molar-refractivity contribution < 1.29 is 52.5 Å². The molecule has 4 aromatic rings. The fraction of sp³-hybridized carbons (Fsp3) is 0.422. The zero-order chi connectivity index (χ0) is 58.9. The first-order valence-electron chi connectivity index (χ1n) is 28.6. The average Bonchev–Trinajstić information content (AvgIpc) is 4.07. The Balaban J connectivity index is 0.702. The summed E-state index contributed by atoms with van der Waals surface area (Å²) in [5.74, 6) is 0.0975. The highest BCUT2D eigenvalue weighted by atomic mass is 32.2. The smallest absolute Gasteiger partial charge is 0.260 e. The number of hydrogen-bond donors (Lipinski definition) is 2. The zero-order valence-electron chi connectivity index (χ0n) is 48.2. The van der Waals surface area contributed by atoms with Gasteiger partial charge in [-0.05, 0) is 115 Å². The first-order valence-corrected chi connectivity index (χ1v) is 29.8. The molecule has 0 aromatic heterocycles. The number of ketones is 1. The number of unbranched alkanes of at least 4 members (excludes halogenated alkanes) is 4. The number of anilines is 1. The number of aliphatic imine (C=N–C) groups is 2. The van der Waals surface area contributed by atoms with E-state index in [9.17, 15) is 33.6 Å². The van der Waals surface area contributed by atoms with Gasteiger partial charge in [0, 0.05) is 87.2 Å². The van der Waals surface area contributed by atoms with E-state index in [4.69, 9.17) is 28.9 Å². The van der Waals surface area contributed by atoms with Gasteiger partial charge in [-0.15, -0.1) is 0 Å². The Morgan fingerprint density at radius 3 is 1.84 bits per heavy atom. The number of likely N-dealkylation sites (tertiary alicyclic amines) is 1. The van der Waals surface area contributed by atoms with Crippen LogP contribution in [0.25, 0.3) is 11.1 Å². The second-order valence-electron chi connectivity index (χ2n) is 22.0. The number of nitrogens with one attached hydrogen (secondary N) is 2. The molecule has 0 spiro atoms. The van der Waals surface area contributed by atoms with Crippen molar-refractivity contribution in [2.45, 2.75) is 122 Å². The molecule has 2 N–H and O–H groups in total. The number of carbonyl (C=O) groups excluding carboxylic acids is 7. The molecular weight excluding hydrogens is 1070 g/mol. The van der Waals surface area contributed by atoms with Crippen LogP contribution in [0.5, 0.6) is 23.0 Å². The standard InChI is InChI=1S/C64H73N7O11S/c1-38(2)60(68-58(73)14-10-8-11-23-69-59(74)33-57(83-7)64(69)78)53(72)27-40(4)61(75)67-45-19-15-41(16-20-45)43-28-47-35-66-52-32-56(55(80-6)30-50(52)63(77)71(47)36-43)82-25-13-9-12-24-81-54-31-51-49(26-39(54)3)62(76)70-37-44(29-46(70)34-65-51)42-17-21-48(79-5)22-18-42/h15-22,26,30-32,34-38,40,46-47,57,60H,8-14,23-25,27-29,33H2,1-7H3,(H,67,75)(H,68,73)/t40-,46+,47+,57?,60+/m1/s1. The molecule has 1 fully saturated rings. The molecule has 0 aliphatic carbocycles. The minimum Gasteiger partial charge on any atom is -0.497 e. The van der Waals surface area contributed by atoms with Crippen LogP contribution < -0.4 is 29.6 Å². The van der Waals surface area contributed by atoms with Crippen LogP contribution in [0.1, 0.15) is 129 Å². The van der Waals surface area contributed by atoms with Gasteiger partial charge in [-0.3, -0.25) is 48.4 Å². The molecule has 5 aliphatic rings. The fourth-order valence-corrected chi connectivity index (χ4v) is 11.6. The Morgan fingerprint density at radius 1 is 0.687 bits per heavy atom. The second-order valence-corrected chi connectivity index (χ2v) is 23.1. The number of fused-ring (bicyclic) bond motifs is 4. The summed E-state index contributed by atoms with van der Waals surface area (Å²) in [5, 5.41) is 5.47. The lowest BCUT2D eigenvalue weighted by atomic mass is 9.92.